The molecule has 0 amide bonds. The Labute approximate surface area is 144 Å². The first-order valence-electron chi connectivity index (χ1n) is 8.48. The highest BCUT2D eigenvalue weighted by atomic mass is 16.6. The minimum atomic E-state index is -0.530. The van der Waals surface area contributed by atoms with Crippen LogP contribution in [0.25, 0.3) is 0 Å². The van der Waals surface area contributed by atoms with E-state index in [0.29, 0.717) is 6.61 Å². The predicted molar refractivity (Wildman–Crippen MR) is 95.6 cm³/mol. The Morgan fingerprint density at radius 3 is 2.29 bits per heavy atom. The maximum Gasteiger partial charge on any atom is 0.418 e. The molecule has 2 aromatic rings. The molecule has 24 heavy (non-hydrogen) atoms. The van der Waals surface area contributed by atoms with E-state index >= 15 is 0 Å². The molecule has 0 atom stereocenters. The minimum Gasteiger partial charge on any atom is -0.487 e. The minimum absolute atomic E-state index is 0.340. The highest BCUT2D eigenvalue weighted by molar-refractivity contribution is 5.73. The molecule has 0 unspecified atom stereocenters. The number of ether oxygens (including phenoxy) is 2. The van der Waals surface area contributed by atoms with Crippen molar-refractivity contribution in [2.45, 2.75) is 59.7 Å². The molecule has 0 spiro atoms. The molecule has 2 rings (SSSR count). The number of carbonyl (C=O) groups is 1. The van der Waals surface area contributed by atoms with E-state index in [2.05, 4.69) is 13.8 Å². The van der Waals surface area contributed by atoms with Crippen molar-refractivity contribution >= 4 is 6.09 Å². The van der Waals surface area contributed by atoms with Gasteiger partial charge in [0.25, 0.3) is 0 Å². The van der Waals surface area contributed by atoms with E-state index in [1.54, 1.807) is 4.57 Å². The monoisotopic (exact) mass is 329 g/mol. The van der Waals surface area contributed by atoms with Gasteiger partial charge in [-0.05, 0) is 56.9 Å². The van der Waals surface area contributed by atoms with Gasteiger partial charge in [-0.1, -0.05) is 32.0 Å². The van der Waals surface area contributed by atoms with Gasteiger partial charge in [-0.2, -0.15) is 0 Å². The van der Waals surface area contributed by atoms with Crippen LogP contribution in [-0.4, -0.2) is 16.3 Å². The fraction of sp³-hybridized carbons (Fsp3) is 0.450. The number of hydrogen-bond donors (Lipinski definition) is 0. The highest BCUT2D eigenvalue weighted by Gasteiger charge is 2.23. The van der Waals surface area contributed by atoms with Crippen LogP contribution >= 0.6 is 0 Å². The first-order chi connectivity index (χ1) is 11.4. The number of rotatable bonds is 5. The van der Waals surface area contributed by atoms with Crippen LogP contribution in [0.3, 0.4) is 0 Å². The molecule has 0 aliphatic carbocycles. The molecule has 0 aliphatic heterocycles. The molecule has 0 saturated carbocycles. The maximum atomic E-state index is 12.6. The summed E-state index contributed by atoms with van der Waals surface area (Å²) in [5.74, 6) is 0.787. The lowest BCUT2D eigenvalue weighted by Crippen LogP contribution is -2.28. The molecule has 0 fully saturated rings. The van der Waals surface area contributed by atoms with Crippen molar-refractivity contribution in [3.63, 3.8) is 0 Å². The molecule has 0 saturated heterocycles. The summed E-state index contributed by atoms with van der Waals surface area (Å²) < 4.78 is 13.0. The SMILES string of the molecule is CCc1cn(C(=O)OC(C)(C)C)c(COc2ccccc2)c1CC. The van der Waals surface area contributed by atoms with Gasteiger partial charge < -0.3 is 9.47 Å². The highest BCUT2D eigenvalue weighted by Crippen LogP contribution is 2.23. The van der Waals surface area contributed by atoms with E-state index in [9.17, 15) is 4.79 Å². The van der Waals surface area contributed by atoms with E-state index in [0.717, 1.165) is 29.8 Å². The summed E-state index contributed by atoms with van der Waals surface area (Å²) in [5, 5.41) is 0. The van der Waals surface area contributed by atoms with Crippen molar-refractivity contribution in [2.24, 2.45) is 0 Å². The average Bonchev–Trinajstić information content (AvgIpc) is 2.90. The summed E-state index contributed by atoms with van der Waals surface area (Å²) >= 11 is 0. The van der Waals surface area contributed by atoms with Gasteiger partial charge in [-0.15, -0.1) is 0 Å². The van der Waals surface area contributed by atoms with Gasteiger partial charge in [0.2, 0.25) is 0 Å². The fourth-order valence-corrected chi connectivity index (χ4v) is 2.68. The van der Waals surface area contributed by atoms with Crippen LogP contribution in [0.2, 0.25) is 0 Å². The zero-order chi connectivity index (χ0) is 17.7. The zero-order valence-corrected chi connectivity index (χ0v) is 15.3. The average molecular weight is 329 g/mol. The second-order valence-electron chi connectivity index (χ2n) is 6.74. The summed E-state index contributed by atoms with van der Waals surface area (Å²) in [6.07, 6.45) is 3.25. The Kier molecular flexibility index (Phi) is 5.71. The number of nitrogens with zero attached hydrogens (tertiary/aromatic N) is 1. The Hall–Kier alpha value is -2.23. The number of aryl methyl sites for hydroxylation is 1. The quantitative estimate of drug-likeness (QED) is 0.777. The van der Waals surface area contributed by atoms with E-state index in [-0.39, 0.29) is 6.09 Å². The maximum absolute atomic E-state index is 12.6. The lowest BCUT2D eigenvalue weighted by atomic mass is 10.1. The fourth-order valence-electron chi connectivity index (χ4n) is 2.68. The molecule has 0 N–H and O–H groups in total. The largest absolute Gasteiger partial charge is 0.487 e. The van der Waals surface area contributed by atoms with Gasteiger partial charge >= 0.3 is 6.09 Å². The molecule has 0 aliphatic rings. The third-order valence-electron chi connectivity index (χ3n) is 3.76. The summed E-state index contributed by atoms with van der Waals surface area (Å²) in [6, 6.07) is 9.63. The molecular weight excluding hydrogens is 302 g/mol. The molecule has 0 bridgehead atoms. The second kappa shape index (κ2) is 7.56. The summed E-state index contributed by atoms with van der Waals surface area (Å²) in [6.45, 7) is 10.1. The number of benzene rings is 1. The van der Waals surface area contributed by atoms with Crippen molar-refractivity contribution in [1.29, 1.82) is 0 Å². The lowest BCUT2D eigenvalue weighted by Gasteiger charge is -2.20. The van der Waals surface area contributed by atoms with Gasteiger partial charge in [0.05, 0.1) is 5.69 Å². The number of aromatic nitrogens is 1. The van der Waals surface area contributed by atoms with E-state index in [1.807, 2.05) is 57.3 Å². The lowest BCUT2D eigenvalue weighted by molar-refractivity contribution is 0.0527. The van der Waals surface area contributed by atoms with E-state index in [4.69, 9.17) is 9.47 Å². The number of hydrogen-bond acceptors (Lipinski definition) is 3. The van der Waals surface area contributed by atoms with Crippen LogP contribution in [0.15, 0.2) is 36.5 Å². The van der Waals surface area contributed by atoms with Crippen molar-refractivity contribution in [1.82, 2.24) is 4.57 Å². The van der Waals surface area contributed by atoms with Gasteiger partial charge in [0, 0.05) is 6.20 Å². The van der Waals surface area contributed by atoms with Crippen LogP contribution in [0.4, 0.5) is 4.79 Å². The number of carbonyl (C=O) groups excluding carboxylic acids is 1. The van der Waals surface area contributed by atoms with Crippen LogP contribution in [0.1, 0.15) is 51.4 Å². The first kappa shape index (κ1) is 18.1. The van der Waals surface area contributed by atoms with Gasteiger partial charge in [-0.3, -0.25) is 4.57 Å². The molecule has 4 nitrogen and oxygen atoms in total. The van der Waals surface area contributed by atoms with Crippen LogP contribution in [-0.2, 0) is 24.2 Å². The Morgan fingerprint density at radius 2 is 1.75 bits per heavy atom. The van der Waals surface area contributed by atoms with E-state index < -0.39 is 5.60 Å². The Morgan fingerprint density at radius 1 is 1.08 bits per heavy atom. The molecule has 130 valence electrons. The molecule has 0 radical (unpaired) electrons. The van der Waals surface area contributed by atoms with Crippen molar-refractivity contribution in [2.75, 3.05) is 0 Å². The van der Waals surface area contributed by atoms with Gasteiger partial charge in [0.15, 0.2) is 0 Å². The van der Waals surface area contributed by atoms with Gasteiger partial charge in [0.1, 0.15) is 18.0 Å². The molecule has 4 heteroatoms. The zero-order valence-electron chi connectivity index (χ0n) is 15.3. The Bertz CT molecular complexity index is 681. The smallest absolute Gasteiger partial charge is 0.418 e. The third kappa shape index (κ3) is 4.40. The normalized spacial score (nSPS) is 11.4. The second-order valence-corrected chi connectivity index (χ2v) is 6.74. The number of para-hydroxylation sites is 1. The van der Waals surface area contributed by atoms with Crippen molar-refractivity contribution in [3.8, 4) is 5.75 Å². The first-order valence-corrected chi connectivity index (χ1v) is 8.48. The summed E-state index contributed by atoms with van der Waals surface area (Å²) in [7, 11) is 0. The topological polar surface area (TPSA) is 40.5 Å². The molecule has 1 aromatic heterocycles. The van der Waals surface area contributed by atoms with Crippen molar-refractivity contribution < 1.29 is 14.3 Å². The standard InChI is InChI=1S/C20H27NO3/c1-6-15-13-21(19(22)24-20(3,4)5)18(17(15)7-2)14-23-16-11-9-8-10-12-16/h8-13H,6-7,14H2,1-5H3. The predicted octanol–water partition coefficient (Wildman–Crippen LogP) is 4.98. The van der Waals surface area contributed by atoms with Crippen LogP contribution in [0.5, 0.6) is 5.75 Å². The van der Waals surface area contributed by atoms with Crippen LogP contribution < -0.4 is 4.74 Å². The van der Waals surface area contributed by atoms with Crippen molar-refractivity contribution in [3.05, 3.63) is 53.3 Å². The molecular formula is C20H27NO3. The molecule has 1 aromatic carbocycles. The summed E-state index contributed by atoms with van der Waals surface area (Å²) in [4.78, 5) is 12.6. The van der Waals surface area contributed by atoms with Gasteiger partial charge in [-0.25, -0.2) is 4.79 Å². The summed E-state index contributed by atoms with van der Waals surface area (Å²) in [5.41, 5.74) is 2.67. The van der Waals surface area contributed by atoms with E-state index in [1.165, 1.54) is 5.56 Å². The third-order valence-corrected chi connectivity index (χ3v) is 3.76. The van der Waals surface area contributed by atoms with Crippen LogP contribution in [0, 0.1) is 0 Å². The molecule has 1 heterocycles. The Balaban J connectivity index is 2.32.